The summed E-state index contributed by atoms with van der Waals surface area (Å²) in [5, 5.41) is 11.6. The molecule has 0 saturated carbocycles. The maximum atomic E-state index is 13.4. The van der Waals surface area contributed by atoms with Gasteiger partial charge in [-0.1, -0.05) is 30.3 Å². The molecule has 2 aromatic rings. The standard InChI is InChI=1S/C16H15F2NO2/c17-14-6-5-13(15(18)8-14)7-16(21)19-9-11-1-3-12(10-20)4-2-11/h1-6,8,20H,7,9-10H2,(H,19,21). The van der Waals surface area contributed by atoms with Crippen LogP contribution in [0.2, 0.25) is 0 Å². The number of halogens is 2. The van der Waals surface area contributed by atoms with Crippen LogP contribution in [0.4, 0.5) is 8.78 Å². The second kappa shape index (κ2) is 6.95. The number of carbonyl (C=O) groups is 1. The van der Waals surface area contributed by atoms with Gasteiger partial charge in [-0.05, 0) is 22.8 Å². The molecule has 110 valence electrons. The Morgan fingerprint density at radius 3 is 2.33 bits per heavy atom. The number of hydrogen-bond acceptors (Lipinski definition) is 2. The van der Waals surface area contributed by atoms with Gasteiger partial charge in [0.1, 0.15) is 11.6 Å². The molecule has 5 heteroatoms. The van der Waals surface area contributed by atoms with E-state index in [1.807, 2.05) is 0 Å². The number of benzene rings is 2. The van der Waals surface area contributed by atoms with Gasteiger partial charge in [0.15, 0.2) is 0 Å². The zero-order chi connectivity index (χ0) is 15.2. The van der Waals surface area contributed by atoms with Gasteiger partial charge in [-0.3, -0.25) is 4.79 Å². The first-order valence-electron chi connectivity index (χ1n) is 6.48. The molecule has 0 radical (unpaired) electrons. The largest absolute Gasteiger partial charge is 0.392 e. The van der Waals surface area contributed by atoms with E-state index in [1.165, 1.54) is 6.07 Å². The van der Waals surface area contributed by atoms with Gasteiger partial charge >= 0.3 is 0 Å². The van der Waals surface area contributed by atoms with E-state index >= 15 is 0 Å². The molecule has 0 aliphatic heterocycles. The zero-order valence-electron chi connectivity index (χ0n) is 11.3. The minimum absolute atomic E-state index is 0.0313. The van der Waals surface area contributed by atoms with Crippen molar-refractivity contribution in [2.45, 2.75) is 19.6 Å². The molecular formula is C16H15F2NO2. The second-order valence-electron chi connectivity index (χ2n) is 4.66. The number of hydrogen-bond donors (Lipinski definition) is 2. The molecule has 3 nitrogen and oxygen atoms in total. The minimum Gasteiger partial charge on any atom is -0.392 e. The van der Waals surface area contributed by atoms with E-state index < -0.39 is 11.6 Å². The van der Waals surface area contributed by atoms with E-state index in [-0.39, 0.29) is 24.5 Å². The smallest absolute Gasteiger partial charge is 0.224 e. The van der Waals surface area contributed by atoms with Crippen LogP contribution in [0.5, 0.6) is 0 Å². The third-order valence-corrected chi connectivity index (χ3v) is 3.06. The molecule has 21 heavy (non-hydrogen) atoms. The maximum Gasteiger partial charge on any atom is 0.224 e. The van der Waals surface area contributed by atoms with E-state index in [1.54, 1.807) is 24.3 Å². The Bertz CT molecular complexity index is 627. The van der Waals surface area contributed by atoms with Crippen molar-refractivity contribution in [3.63, 3.8) is 0 Å². The lowest BCUT2D eigenvalue weighted by Crippen LogP contribution is -2.24. The van der Waals surface area contributed by atoms with Gasteiger partial charge in [-0.15, -0.1) is 0 Å². The van der Waals surface area contributed by atoms with Crippen molar-refractivity contribution < 1.29 is 18.7 Å². The number of carbonyl (C=O) groups excluding carboxylic acids is 1. The number of aliphatic hydroxyl groups is 1. The van der Waals surface area contributed by atoms with Gasteiger partial charge in [0, 0.05) is 12.6 Å². The van der Waals surface area contributed by atoms with Crippen molar-refractivity contribution in [2.24, 2.45) is 0 Å². The van der Waals surface area contributed by atoms with Gasteiger partial charge in [-0.2, -0.15) is 0 Å². The van der Waals surface area contributed by atoms with E-state index in [2.05, 4.69) is 5.32 Å². The second-order valence-corrected chi connectivity index (χ2v) is 4.66. The molecule has 0 aromatic heterocycles. The lowest BCUT2D eigenvalue weighted by molar-refractivity contribution is -0.120. The molecule has 0 spiro atoms. The summed E-state index contributed by atoms with van der Waals surface area (Å²) in [4.78, 5) is 11.7. The van der Waals surface area contributed by atoms with Crippen LogP contribution in [0.3, 0.4) is 0 Å². The number of amides is 1. The highest BCUT2D eigenvalue weighted by atomic mass is 19.1. The van der Waals surface area contributed by atoms with Crippen LogP contribution in [-0.2, 0) is 24.4 Å². The highest BCUT2D eigenvalue weighted by molar-refractivity contribution is 5.78. The Morgan fingerprint density at radius 1 is 1.05 bits per heavy atom. The van der Waals surface area contributed by atoms with Gasteiger partial charge < -0.3 is 10.4 Å². The molecule has 0 unspecified atom stereocenters. The average Bonchev–Trinajstić information content (AvgIpc) is 2.48. The molecule has 0 aliphatic rings. The zero-order valence-corrected chi connectivity index (χ0v) is 11.3. The molecule has 2 N–H and O–H groups in total. The van der Waals surface area contributed by atoms with Crippen molar-refractivity contribution in [3.8, 4) is 0 Å². The molecule has 0 saturated heterocycles. The Labute approximate surface area is 121 Å². The first kappa shape index (κ1) is 15.1. The van der Waals surface area contributed by atoms with Gasteiger partial charge in [-0.25, -0.2) is 8.78 Å². The van der Waals surface area contributed by atoms with Crippen LogP contribution >= 0.6 is 0 Å². The summed E-state index contributed by atoms with van der Waals surface area (Å²) >= 11 is 0. The lowest BCUT2D eigenvalue weighted by Gasteiger charge is -2.07. The summed E-state index contributed by atoms with van der Waals surface area (Å²) in [6.07, 6.45) is -0.138. The molecule has 0 fully saturated rings. The summed E-state index contributed by atoms with van der Waals surface area (Å²) in [7, 11) is 0. The van der Waals surface area contributed by atoms with Crippen molar-refractivity contribution in [2.75, 3.05) is 0 Å². The van der Waals surface area contributed by atoms with E-state index in [4.69, 9.17) is 5.11 Å². The van der Waals surface area contributed by atoms with E-state index in [0.717, 1.165) is 23.3 Å². The predicted octanol–water partition coefficient (Wildman–Crippen LogP) is 2.32. The van der Waals surface area contributed by atoms with Crippen LogP contribution in [0.15, 0.2) is 42.5 Å². The first-order chi connectivity index (χ1) is 10.1. The number of rotatable bonds is 5. The fourth-order valence-corrected chi connectivity index (χ4v) is 1.86. The molecule has 2 rings (SSSR count). The quantitative estimate of drug-likeness (QED) is 0.888. The summed E-state index contributed by atoms with van der Waals surface area (Å²) in [6.45, 7) is 0.282. The number of aliphatic hydroxyl groups excluding tert-OH is 1. The Balaban J connectivity index is 1.89. The molecular weight excluding hydrogens is 276 g/mol. The van der Waals surface area contributed by atoms with Crippen LogP contribution in [0, 0.1) is 11.6 Å². The summed E-state index contributed by atoms with van der Waals surface area (Å²) in [5.41, 5.74) is 1.82. The van der Waals surface area contributed by atoms with E-state index in [9.17, 15) is 13.6 Å². The van der Waals surface area contributed by atoms with Crippen molar-refractivity contribution in [1.82, 2.24) is 5.32 Å². The monoisotopic (exact) mass is 291 g/mol. The highest BCUT2D eigenvalue weighted by Gasteiger charge is 2.09. The Kier molecular flexibility index (Phi) is 5.00. The fourth-order valence-electron chi connectivity index (χ4n) is 1.86. The summed E-state index contributed by atoms with van der Waals surface area (Å²) in [6, 6.07) is 10.3. The number of nitrogens with one attached hydrogen (secondary N) is 1. The van der Waals surface area contributed by atoms with Gasteiger partial charge in [0.25, 0.3) is 0 Å². The minimum atomic E-state index is -0.725. The third kappa shape index (κ3) is 4.36. The molecule has 0 heterocycles. The van der Waals surface area contributed by atoms with Gasteiger partial charge in [0.05, 0.1) is 13.0 Å². The fraction of sp³-hybridized carbons (Fsp3) is 0.188. The van der Waals surface area contributed by atoms with Crippen LogP contribution in [0.25, 0.3) is 0 Å². The molecule has 2 aromatic carbocycles. The van der Waals surface area contributed by atoms with Crippen LogP contribution in [0.1, 0.15) is 16.7 Å². The molecule has 0 atom stereocenters. The van der Waals surface area contributed by atoms with Crippen molar-refractivity contribution in [3.05, 3.63) is 70.8 Å². The predicted molar refractivity (Wildman–Crippen MR) is 74.3 cm³/mol. The molecule has 1 amide bonds. The highest BCUT2D eigenvalue weighted by Crippen LogP contribution is 2.10. The topological polar surface area (TPSA) is 49.3 Å². The third-order valence-electron chi connectivity index (χ3n) is 3.06. The van der Waals surface area contributed by atoms with Crippen molar-refractivity contribution in [1.29, 1.82) is 0 Å². The Hall–Kier alpha value is -2.27. The SMILES string of the molecule is O=C(Cc1ccc(F)cc1F)NCc1ccc(CO)cc1. The van der Waals surface area contributed by atoms with Crippen LogP contribution in [-0.4, -0.2) is 11.0 Å². The normalized spacial score (nSPS) is 10.4. The summed E-state index contributed by atoms with van der Waals surface area (Å²) < 4.78 is 26.2. The van der Waals surface area contributed by atoms with E-state index in [0.29, 0.717) is 6.54 Å². The first-order valence-corrected chi connectivity index (χ1v) is 6.48. The molecule has 0 bridgehead atoms. The van der Waals surface area contributed by atoms with Crippen LogP contribution < -0.4 is 5.32 Å². The maximum absolute atomic E-state index is 13.4. The average molecular weight is 291 g/mol. The van der Waals surface area contributed by atoms with Gasteiger partial charge in [0.2, 0.25) is 5.91 Å². The Morgan fingerprint density at radius 2 is 1.71 bits per heavy atom. The van der Waals surface area contributed by atoms with Crippen molar-refractivity contribution >= 4 is 5.91 Å². The lowest BCUT2D eigenvalue weighted by atomic mass is 10.1. The molecule has 0 aliphatic carbocycles. The summed E-state index contributed by atoms with van der Waals surface area (Å²) in [5.74, 6) is -1.73.